The molecule has 0 unspecified atom stereocenters. The Bertz CT molecular complexity index is 350. The summed E-state index contributed by atoms with van der Waals surface area (Å²) >= 11 is 0. The first kappa shape index (κ1) is 11.4. The highest BCUT2D eigenvalue weighted by Crippen LogP contribution is 2.33. The van der Waals surface area contributed by atoms with E-state index in [1.165, 1.54) is 37.8 Å². The van der Waals surface area contributed by atoms with Crippen molar-refractivity contribution < 1.29 is 9.50 Å². The van der Waals surface area contributed by atoms with E-state index in [1.807, 2.05) is 0 Å². The van der Waals surface area contributed by atoms with Crippen molar-refractivity contribution in [1.82, 2.24) is 5.32 Å². The molecule has 0 atom stereocenters. The molecule has 2 nitrogen and oxygen atoms in total. The van der Waals surface area contributed by atoms with Crippen molar-refractivity contribution in [3.8, 4) is 5.75 Å². The first-order chi connectivity index (χ1) is 7.75. The zero-order chi connectivity index (χ0) is 11.4. The average Bonchev–Trinajstić information content (AvgIpc) is 3.07. The molecule has 1 aromatic rings. The van der Waals surface area contributed by atoms with Gasteiger partial charge < -0.3 is 10.4 Å². The molecule has 1 aliphatic carbocycles. The molecule has 0 spiro atoms. The summed E-state index contributed by atoms with van der Waals surface area (Å²) in [6.45, 7) is 1.65. The third-order valence-corrected chi connectivity index (χ3v) is 3.00. The zero-order valence-corrected chi connectivity index (χ0v) is 9.38. The number of rotatable bonds is 6. The smallest absolute Gasteiger partial charge is 0.165 e. The fourth-order valence-electron chi connectivity index (χ4n) is 1.82. The lowest BCUT2D eigenvalue weighted by atomic mass is 10.2. The fraction of sp³-hybridized carbons (Fsp3) is 0.538. The Morgan fingerprint density at radius 1 is 1.38 bits per heavy atom. The Balaban J connectivity index is 1.65. The summed E-state index contributed by atoms with van der Waals surface area (Å²) < 4.78 is 13.0. The van der Waals surface area contributed by atoms with Crippen molar-refractivity contribution in [1.29, 1.82) is 0 Å². The van der Waals surface area contributed by atoms with Gasteiger partial charge in [-0.05, 0) is 43.0 Å². The average molecular weight is 223 g/mol. The number of phenols is 1. The van der Waals surface area contributed by atoms with Crippen molar-refractivity contribution in [2.45, 2.75) is 32.2 Å². The first-order valence-corrected chi connectivity index (χ1v) is 5.94. The van der Waals surface area contributed by atoms with Crippen LogP contribution in [0.2, 0.25) is 0 Å². The van der Waals surface area contributed by atoms with Crippen molar-refractivity contribution in [3.63, 3.8) is 0 Å². The molecule has 0 aromatic heterocycles. The highest BCUT2D eigenvalue weighted by atomic mass is 19.1. The lowest BCUT2D eigenvalue weighted by Crippen LogP contribution is -2.14. The number of hydrogen-bond acceptors (Lipinski definition) is 2. The van der Waals surface area contributed by atoms with E-state index in [-0.39, 0.29) is 5.75 Å². The third kappa shape index (κ3) is 3.49. The van der Waals surface area contributed by atoms with Crippen molar-refractivity contribution >= 4 is 0 Å². The number of aromatic hydroxyl groups is 1. The fourth-order valence-corrected chi connectivity index (χ4v) is 1.82. The maximum atomic E-state index is 13.0. The van der Waals surface area contributed by atoms with Gasteiger partial charge in [-0.25, -0.2) is 4.39 Å². The zero-order valence-electron chi connectivity index (χ0n) is 9.38. The van der Waals surface area contributed by atoms with E-state index >= 15 is 0 Å². The Morgan fingerprint density at radius 3 is 2.88 bits per heavy atom. The van der Waals surface area contributed by atoms with Crippen molar-refractivity contribution in [3.05, 3.63) is 29.6 Å². The van der Waals surface area contributed by atoms with E-state index in [4.69, 9.17) is 5.11 Å². The van der Waals surface area contributed by atoms with Crippen LogP contribution in [-0.2, 0) is 6.54 Å². The normalized spacial score (nSPS) is 15.3. The molecule has 1 fully saturated rings. The summed E-state index contributed by atoms with van der Waals surface area (Å²) in [5, 5.41) is 12.3. The quantitative estimate of drug-likeness (QED) is 0.727. The lowest BCUT2D eigenvalue weighted by Gasteiger charge is -2.05. The molecule has 0 bridgehead atoms. The van der Waals surface area contributed by atoms with Gasteiger partial charge in [0, 0.05) is 6.54 Å². The van der Waals surface area contributed by atoms with Crippen LogP contribution in [0.4, 0.5) is 4.39 Å². The largest absolute Gasteiger partial charge is 0.505 e. The summed E-state index contributed by atoms with van der Waals surface area (Å²) in [6, 6.07) is 4.52. The van der Waals surface area contributed by atoms with Gasteiger partial charge >= 0.3 is 0 Å². The van der Waals surface area contributed by atoms with Crippen LogP contribution < -0.4 is 5.32 Å². The van der Waals surface area contributed by atoms with Crippen molar-refractivity contribution in [2.24, 2.45) is 5.92 Å². The lowest BCUT2D eigenvalue weighted by molar-refractivity contribution is 0.431. The van der Waals surface area contributed by atoms with E-state index in [0.29, 0.717) is 6.54 Å². The van der Waals surface area contributed by atoms with Gasteiger partial charge in [0.25, 0.3) is 0 Å². The van der Waals surface area contributed by atoms with Crippen LogP contribution in [0.5, 0.6) is 5.75 Å². The van der Waals surface area contributed by atoms with Gasteiger partial charge in [0.15, 0.2) is 11.6 Å². The van der Waals surface area contributed by atoms with E-state index in [1.54, 1.807) is 6.07 Å². The van der Waals surface area contributed by atoms with E-state index in [9.17, 15) is 4.39 Å². The summed E-state index contributed by atoms with van der Waals surface area (Å²) in [7, 11) is 0. The van der Waals surface area contributed by atoms with Gasteiger partial charge in [-0.2, -0.15) is 0 Å². The topological polar surface area (TPSA) is 32.3 Å². The van der Waals surface area contributed by atoms with E-state index in [2.05, 4.69) is 5.32 Å². The highest BCUT2D eigenvalue weighted by molar-refractivity contribution is 5.27. The van der Waals surface area contributed by atoms with Crippen LogP contribution in [0.3, 0.4) is 0 Å². The minimum Gasteiger partial charge on any atom is -0.505 e. The van der Waals surface area contributed by atoms with Gasteiger partial charge in [0.05, 0.1) is 0 Å². The van der Waals surface area contributed by atoms with Crippen LogP contribution >= 0.6 is 0 Å². The number of nitrogens with one attached hydrogen (secondary N) is 1. The predicted molar refractivity (Wildman–Crippen MR) is 61.7 cm³/mol. The van der Waals surface area contributed by atoms with Gasteiger partial charge in [0.1, 0.15) is 0 Å². The molecular formula is C13H18FNO. The highest BCUT2D eigenvalue weighted by Gasteiger charge is 2.19. The number of halogens is 1. The van der Waals surface area contributed by atoms with E-state index < -0.39 is 5.82 Å². The second-order valence-electron chi connectivity index (χ2n) is 4.55. The molecule has 1 saturated carbocycles. The molecule has 2 N–H and O–H groups in total. The van der Waals surface area contributed by atoms with Gasteiger partial charge in [-0.1, -0.05) is 18.9 Å². The summed E-state index contributed by atoms with van der Waals surface area (Å²) in [5.41, 5.74) is 0.877. The minimum absolute atomic E-state index is 0.280. The van der Waals surface area contributed by atoms with Gasteiger partial charge in [0.2, 0.25) is 0 Å². The molecule has 0 heterocycles. The number of benzene rings is 1. The molecule has 0 radical (unpaired) electrons. The Hall–Kier alpha value is -1.09. The van der Waals surface area contributed by atoms with Gasteiger partial charge in [-0.15, -0.1) is 0 Å². The van der Waals surface area contributed by atoms with Crippen LogP contribution in [0.25, 0.3) is 0 Å². The van der Waals surface area contributed by atoms with Crippen molar-refractivity contribution in [2.75, 3.05) is 6.54 Å². The SMILES string of the molecule is Oc1ccc(CNCCCC2CC2)cc1F. The molecule has 0 aliphatic heterocycles. The standard InChI is InChI=1S/C13H18FNO/c14-12-8-11(5-6-13(12)16)9-15-7-1-2-10-3-4-10/h5-6,8,10,15-16H,1-4,7,9H2. The molecule has 3 heteroatoms. The van der Waals surface area contributed by atoms with Crippen LogP contribution in [0.1, 0.15) is 31.2 Å². The predicted octanol–water partition coefficient (Wildman–Crippen LogP) is 2.81. The Kier molecular flexibility index (Phi) is 3.78. The molecular weight excluding hydrogens is 205 g/mol. The molecule has 1 aromatic carbocycles. The molecule has 1 aliphatic rings. The van der Waals surface area contributed by atoms with Crippen LogP contribution in [0, 0.1) is 11.7 Å². The monoisotopic (exact) mass is 223 g/mol. The number of phenolic OH excluding ortho intramolecular Hbond substituents is 1. The third-order valence-electron chi connectivity index (χ3n) is 3.00. The molecule has 0 amide bonds. The molecule has 2 rings (SSSR count). The summed E-state index contributed by atoms with van der Waals surface area (Å²) in [6.07, 6.45) is 5.33. The van der Waals surface area contributed by atoms with E-state index in [0.717, 1.165) is 18.0 Å². The summed E-state index contributed by atoms with van der Waals surface area (Å²) in [5.74, 6) is 0.155. The molecule has 16 heavy (non-hydrogen) atoms. The second-order valence-corrected chi connectivity index (χ2v) is 4.55. The maximum absolute atomic E-state index is 13.0. The van der Waals surface area contributed by atoms with Gasteiger partial charge in [-0.3, -0.25) is 0 Å². The minimum atomic E-state index is -0.544. The molecule has 0 saturated heterocycles. The maximum Gasteiger partial charge on any atom is 0.165 e. The van der Waals surface area contributed by atoms with Crippen LogP contribution in [0.15, 0.2) is 18.2 Å². The number of hydrogen-bond donors (Lipinski definition) is 2. The summed E-state index contributed by atoms with van der Waals surface area (Å²) in [4.78, 5) is 0. The second kappa shape index (κ2) is 5.30. The molecule has 88 valence electrons. The Morgan fingerprint density at radius 2 is 2.19 bits per heavy atom. The van der Waals surface area contributed by atoms with Crippen LogP contribution in [-0.4, -0.2) is 11.7 Å². The first-order valence-electron chi connectivity index (χ1n) is 5.94. The Labute approximate surface area is 95.5 Å².